The molecule has 1 fully saturated rings. The summed E-state index contributed by atoms with van der Waals surface area (Å²) in [6.07, 6.45) is 2.73. The number of carbonyl (C=O) groups is 1. The fraction of sp³-hybridized carbons (Fsp3) is 0.444. The van der Waals surface area contributed by atoms with E-state index < -0.39 is 0 Å². The van der Waals surface area contributed by atoms with Crippen molar-refractivity contribution in [3.8, 4) is 0 Å². The van der Waals surface area contributed by atoms with Crippen molar-refractivity contribution in [3.63, 3.8) is 0 Å². The number of carbonyl (C=O) groups excluding carboxylic acids is 1. The first kappa shape index (κ1) is 17.0. The van der Waals surface area contributed by atoms with Crippen LogP contribution in [0.1, 0.15) is 45.7 Å². The van der Waals surface area contributed by atoms with Crippen molar-refractivity contribution >= 4 is 17.2 Å². The topological polar surface area (TPSA) is 51.2 Å². The fourth-order valence-corrected chi connectivity index (χ4v) is 3.88. The summed E-state index contributed by atoms with van der Waals surface area (Å²) in [5, 5.41) is 3.88. The Labute approximate surface area is 145 Å². The summed E-state index contributed by atoms with van der Waals surface area (Å²) >= 11 is 1.39. The van der Waals surface area contributed by atoms with Crippen molar-refractivity contribution < 1.29 is 13.9 Å². The van der Waals surface area contributed by atoms with E-state index in [0.717, 1.165) is 35.7 Å². The Morgan fingerprint density at radius 2 is 2.21 bits per heavy atom. The first-order valence-corrected chi connectivity index (χ1v) is 8.98. The average Bonchev–Trinajstić information content (AvgIpc) is 3.19. The van der Waals surface area contributed by atoms with E-state index in [1.54, 1.807) is 12.1 Å². The maximum absolute atomic E-state index is 13.0. The number of hydrogen-bond donors (Lipinski definition) is 1. The lowest BCUT2D eigenvalue weighted by Crippen LogP contribution is -2.40. The van der Waals surface area contributed by atoms with E-state index in [9.17, 15) is 9.18 Å². The van der Waals surface area contributed by atoms with Crippen LogP contribution in [0.25, 0.3) is 0 Å². The third kappa shape index (κ3) is 3.99. The van der Waals surface area contributed by atoms with Crippen molar-refractivity contribution in [1.82, 2.24) is 10.3 Å². The van der Waals surface area contributed by atoms with E-state index in [0.29, 0.717) is 11.3 Å². The molecule has 0 unspecified atom stereocenters. The van der Waals surface area contributed by atoms with Crippen LogP contribution < -0.4 is 5.32 Å². The molecule has 0 aliphatic carbocycles. The fourth-order valence-electron chi connectivity index (χ4n) is 2.88. The number of halogens is 1. The number of nitrogens with zero attached hydrogens (tertiary/aromatic N) is 1. The Balaban J connectivity index is 1.66. The Bertz CT molecular complexity index is 708. The molecule has 1 aliphatic rings. The lowest BCUT2D eigenvalue weighted by Gasteiger charge is -2.19. The number of amides is 1. The Kier molecular flexibility index (Phi) is 5.26. The molecule has 1 aliphatic heterocycles. The largest absolute Gasteiger partial charge is 0.376 e. The maximum Gasteiger partial charge on any atom is 0.263 e. The second-order valence-electron chi connectivity index (χ2n) is 6.14. The summed E-state index contributed by atoms with van der Waals surface area (Å²) in [4.78, 5) is 17.6. The van der Waals surface area contributed by atoms with Crippen LogP contribution in [0.3, 0.4) is 0 Å². The van der Waals surface area contributed by atoms with E-state index in [-0.39, 0.29) is 23.9 Å². The number of rotatable bonds is 5. The van der Waals surface area contributed by atoms with Crippen molar-refractivity contribution in [3.05, 3.63) is 51.2 Å². The van der Waals surface area contributed by atoms with Crippen molar-refractivity contribution in [2.75, 3.05) is 6.61 Å². The highest BCUT2D eigenvalue weighted by atomic mass is 32.1. The second-order valence-corrected chi connectivity index (χ2v) is 7.22. The first-order valence-electron chi connectivity index (χ1n) is 8.16. The number of hydrogen-bond acceptors (Lipinski definition) is 4. The molecule has 2 heterocycles. The van der Waals surface area contributed by atoms with Gasteiger partial charge in [0.05, 0.1) is 22.8 Å². The molecular weight excluding hydrogens is 327 g/mol. The standard InChI is InChI=1S/C18H21FN2O2S/c1-11(15-4-3-9-23-15)21-18(22)17-12(2)20-16(24-17)10-13-5-7-14(19)8-6-13/h5-8,11,15H,3-4,9-10H2,1-2H3,(H,21,22)/t11-,15-/m0/s1. The summed E-state index contributed by atoms with van der Waals surface area (Å²) in [6.45, 7) is 4.59. The Morgan fingerprint density at radius 3 is 2.88 bits per heavy atom. The van der Waals surface area contributed by atoms with Crippen LogP contribution in [0.4, 0.5) is 4.39 Å². The zero-order valence-corrected chi connectivity index (χ0v) is 14.7. The molecule has 0 radical (unpaired) electrons. The molecule has 3 rings (SSSR count). The minimum Gasteiger partial charge on any atom is -0.376 e. The van der Waals surface area contributed by atoms with Gasteiger partial charge in [0.1, 0.15) is 10.7 Å². The average molecular weight is 348 g/mol. The van der Waals surface area contributed by atoms with Crippen molar-refractivity contribution in [2.45, 2.75) is 45.3 Å². The first-order chi connectivity index (χ1) is 11.5. The number of ether oxygens (including phenoxy) is 1. The van der Waals surface area contributed by atoms with Gasteiger partial charge in [-0.1, -0.05) is 12.1 Å². The molecule has 6 heteroatoms. The van der Waals surface area contributed by atoms with Gasteiger partial charge < -0.3 is 10.1 Å². The van der Waals surface area contributed by atoms with Gasteiger partial charge in [-0.25, -0.2) is 9.37 Å². The van der Waals surface area contributed by atoms with Crippen LogP contribution >= 0.6 is 11.3 Å². The zero-order valence-electron chi connectivity index (χ0n) is 13.8. The van der Waals surface area contributed by atoms with Crippen molar-refractivity contribution in [1.29, 1.82) is 0 Å². The molecule has 0 spiro atoms. The van der Waals surface area contributed by atoms with Crippen LogP contribution in [0, 0.1) is 12.7 Å². The van der Waals surface area contributed by atoms with Crippen LogP contribution in [-0.2, 0) is 11.2 Å². The summed E-state index contributed by atoms with van der Waals surface area (Å²) < 4.78 is 18.6. The molecule has 1 aromatic heterocycles. The third-order valence-electron chi connectivity index (χ3n) is 4.20. The Morgan fingerprint density at radius 1 is 1.46 bits per heavy atom. The molecule has 2 atom stereocenters. The zero-order chi connectivity index (χ0) is 17.1. The quantitative estimate of drug-likeness (QED) is 0.900. The van der Waals surface area contributed by atoms with Gasteiger partial charge in [0.25, 0.3) is 5.91 Å². The summed E-state index contributed by atoms with van der Waals surface area (Å²) in [5.41, 5.74) is 1.71. The molecule has 1 N–H and O–H groups in total. The molecule has 4 nitrogen and oxygen atoms in total. The van der Waals surface area contributed by atoms with Crippen LogP contribution in [0.15, 0.2) is 24.3 Å². The normalized spacial score (nSPS) is 18.5. The van der Waals surface area contributed by atoms with E-state index in [1.165, 1.54) is 23.5 Å². The van der Waals surface area contributed by atoms with Gasteiger partial charge in [0, 0.05) is 13.0 Å². The van der Waals surface area contributed by atoms with E-state index in [4.69, 9.17) is 4.74 Å². The number of thiazole rings is 1. The van der Waals surface area contributed by atoms with Gasteiger partial charge >= 0.3 is 0 Å². The van der Waals surface area contributed by atoms with E-state index >= 15 is 0 Å². The molecule has 0 bridgehead atoms. The van der Waals surface area contributed by atoms with Gasteiger partial charge in [0.2, 0.25) is 0 Å². The van der Waals surface area contributed by atoms with Gasteiger partial charge in [0.15, 0.2) is 0 Å². The highest BCUT2D eigenvalue weighted by molar-refractivity contribution is 7.13. The molecule has 128 valence electrons. The van der Waals surface area contributed by atoms with Gasteiger partial charge in [-0.05, 0) is 44.4 Å². The summed E-state index contributed by atoms with van der Waals surface area (Å²) in [6, 6.07) is 6.35. The Hall–Kier alpha value is -1.79. The number of nitrogens with one attached hydrogen (secondary N) is 1. The van der Waals surface area contributed by atoms with E-state index in [2.05, 4.69) is 10.3 Å². The smallest absolute Gasteiger partial charge is 0.263 e. The molecule has 2 aromatic rings. The lowest BCUT2D eigenvalue weighted by molar-refractivity contribution is 0.0714. The monoisotopic (exact) mass is 348 g/mol. The van der Waals surface area contributed by atoms with Gasteiger partial charge in [-0.3, -0.25) is 4.79 Å². The molecule has 0 saturated carbocycles. The number of aromatic nitrogens is 1. The second kappa shape index (κ2) is 7.40. The van der Waals surface area contributed by atoms with Gasteiger partial charge in [-0.2, -0.15) is 0 Å². The minimum absolute atomic E-state index is 0.0120. The summed E-state index contributed by atoms with van der Waals surface area (Å²) in [7, 11) is 0. The van der Waals surface area contributed by atoms with Crippen LogP contribution in [0.5, 0.6) is 0 Å². The molecule has 24 heavy (non-hydrogen) atoms. The predicted molar refractivity (Wildman–Crippen MR) is 92.0 cm³/mol. The van der Waals surface area contributed by atoms with E-state index in [1.807, 2.05) is 13.8 Å². The molecule has 1 saturated heterocycles. The highest BCUT2D eigenvalue weighted by Crippen LogP contribution is 2.22. The SMILES string of the molecule is Cc1nc(Cc2ccc(F)cc2)sc1C(=O)N[C@@H](C)[C@@H]1CCCO1. The lowest BCUT2D eigenvalue weighted by atomic mass is 10.1. The van der Waals surface area contributed by atoms with Crippen LogP contribution in [0.2, 0.25) is 0 Å². The highest BCUT2D eigenvalue weighted by Gasteiger charge is 2.25. The minimum atomic E-state index is -0.253. The van der Waals surface area contributed by atoms with Crippen molar-refractivity contribution in [2.24, 2.45) is 0 Å². The number of benzene rings is 1. The molecule has 1 amide bonds. The van der Waals surface area contributed by atoms with Gasteiger partial charge in [-0.15, -0.1) is 11.3 Å². The maximum atomic E-state index is 13.0. The molecular formula is C18H21FN2O2S. The number of aryl methyl sites for hydroxylation is 1. The summed E-state index contributed by atoms with van der Waals surface area (Å²) in [5.74, 6) is -0.351. The van der Waals surface area contributed by atoms with Crippen LogP contribution in [-0.4, -0.2) is 29.6 Å². The third-order valence-corrected chi connectivity index (χ3v) is 5.35. The molecule has 1 aromatic carbocycles. The predicted octanol–water partition coefficient (Wildman–Crippen LogP) is 3.48.